The van der Waals surface area contributed by atoms with Crippen molar-refractivity contribution in [2.75, 3.05) is 25.6 Å². The Kier molecular flexibility index (Phi) is 6.76. The minimum atomic E-state index is -3.98. The first-order chi connectivity index (χ1) is 18.7. The number of fused-ring (bicyclic) bond motifs is 2. The maximum atomic E-state index is 13.4. The first kappa shape index (κ1) is 26.4. The topological polar surface area (TPSA) is 168 Å². The highest BCUT2D eigenvalue weighted by Crippen LogP contribution is 2.58. The molecule has 3 aromatic rings. The number of nitrogens with zero attached hydrogens (tertiary/aromatic N) is 4. The van der Waals surface area contributed by atoms with Crippen LogP contribution in [0.3, 0.4) is 0 Å². The quantitative estimate of drug-likeness (QED) is 0.295. The Morgan fingerprint density at radius 2 is 2.13 bits per heavy atom. The van der Waals surface area contributed by atoms with E-state index in [0.29, 0.717) is 24.2 Å². The molecule has 0 radical (unpaired) electrons. The van der Waals surface area contributed by atoms with Gasteiger partial charge in [-0.1, -0.05) is 34.1 Å². The van der Waals surface area contributed by atoms with Crippen LogP contribution in [0.25, 0.3) is 11.2 Å². The van der Waals surface area contributed by atoms with E-state index in [9.17, 15) is 9.36 Å². The summed E-state index contributed by atoms with van der Waals surface area (Å²) in [6.07, 6.45) is -2.17. The number of anilines is 1. The maximum absolute atomic E-state index is 13.4. The van der Waals surface area contributed by atoms with Crippen molar-refractivity contribution < 1.29 is 41.9 Å². The molecule has 3 fully saturated rings. The molecule has 0 spiro atoms. The van der Waals surface area contributed by atoms with E-state index in [4.69, 9.17) is 38.3 Å². The van der Waals surface area contributed by atoms with Crippen LogP contribution in [0.5, 0.6) is 5.88 Å². The molecule has 6 unspecified atom stereocenters. The second-order valence-corrected chi connectivity index (χ2v) is 11.7. The second-order valence-electron chi connectivity index (χ2n) is 9.23. The Hall–Kier alpha value is -2.81. The van der Waals surface area contributed by atoms with E-state index in [2.05, 4.69) is 30.9 Å². The highest BCUT2D eigenvalue weighted by molar-refractivity contribution is 9.10. The summed E-state index contributed by atoms with van der Waals surface area (Å²) in [5.41, 5.74) is 6.09. The second kappa shape index (κ2) is 9.98. The van der Waals surface area contributed by atoms with Gasteiger partial charge in [-0.15, -0.1) is 0 Å². The van der Waals surface area contributed by atoms with Gasteiger partial charge in [0.25, 0.3) is 0 Å². The molecule has 2 N–H and O–H groups in total. The Balaban J connectivity index is 1.25. The molecule has 3 aliphatic heterocycles. The lowest BCUT2D eigenvalue weighted by atomic mass is 9.96. The number of nitrogens with two attached hydrogens (primary N) is 1. The van der Waals surface area contributed by atoms with E-state index in [1.54, 1.807) is 18.4 Å². The fraction of sp³-hybridized carbons (Fsp3) is 0.478. The number of nitrogen functional groups attached to an aromatic ring is 1. The van der Waals surface area contributed by atoms with Gasteiger partial charge in [-0.2, -0.15) is 9.97 Å². The minimum Gasteiger partial charge on any atom is -0.476 e. The predicted molar refractivity (Wildman–Crippen MR) is 137 cm³/mol. The Morgan fingerprint density at radius 3 is 2.92 bits per heavy atom. The van der Waals surface area contributed by atoms with Crippen LogP contribution in [0.2, 0.25) is 0 Å². The highest BCUT2D eigenvalue weighted by atomic mass is 79.9. The summed E-state index contributed by atoms with van der Waals surface area (Å²) in [5.74, 6) is 0.179. The van der Waals surface area contributed by atoms with Gasteiger partial charge in [-0.25, -0.2) is 14.3 Å². The molecule has 0 amide bonds. The zero-order chi connectivity index (χ0) is 27.4. The van der Waals surface area contributed by atoms with Gasteiger partial charge in [0.2, 0.25) is 11.8 Å². The van der Waals surface area contributed by atoms with E-state index in [-0.39, 0.29) is 25.0 Å². The van der Waals surface area contributed by atoms with E-state index in [1.807, 2.05) is 24.3 Å². The molecule has 16 heteroatoms. The van der Waals surface area contributed by atoms with Gasteiger partial charge in [-0.3, -0.25) is 18.1 Å². The molecule has 208 valence electrons. The van der Waals surface area contributed by atoms with Gasteiger partial charge < -0.3 is 24.7 Å². The summed E-state index contributed by atoms with van der Waals surface area (Å²) in [4.78, 5) is 25.0. The number of hydrogen-bond acceptors (Lipinski definition) is 13. The number of carbonyl (C=O) groups is 1. The summed E-state index contributed by atoms with van der Waals surface area (Å²) in [6.45, 7) is 3.70. The van der Waals surface area contributed by atoms with Crippen molar-refractivity contribution >= 4 is 47.0 Å². The van der Waals surface area contributed by atoms with Crippen LogP contribution in [0.15, 0.2) is 35.1 Å². The summed E-state index contributed by atoms with van der Waals surface area (Å²) < 4.78 is 55.5. The Bertz CT molecular complexity index is 1470. The molecule has 0 saturated carbocycles. The van der Waals surface area contributed by atoms with E-state index in [1.165, 1.54) is 6.33 Å². The van der Waals surface area contributed by atoms with Gasteiger partial charge in [0.05, 0.1) is 32.3 Å². The molecular formula is C23H25BrN5O9P. The summed E-state index contributed by atoms with van der Waals surface area (Å²) >= 11 is 3.50. The van der Waals surface area contributed by atoms with E-state index < -0.39 is 44.1 Å². The number of imidazole rings is 1. The average Bonchev–Trinajstić information content (AvgIpc) is 3.52. The summed E-state index contributed by atoms with van der Waals surface area (Å²) in [6, 6.07) is 7.48. The number of hydrogen-bond donors (Lipinski definition) is 1. The van der Waals surface area contributed by atoms with Crippen LogP contribution in [0.4, 0.5) is 10.7 Å². The zero-order valence-corrected chi connectivity index (χ0v) is 23.4. The van der Waals surface area contributed by atoms with Gasteiger partial charge in [0, 0.05) is 10.9 Å². The number of phosphoric ester groups is 1. The largest absolute Gasteiger partial charge is 0.509 e. The lowest BCUT2D eigenvalue weighted by Crippen LogP contribution is -2.42. The molecular weight excluding hydrogens is 601 g/mol. The van der Waals surface area contributed by atoms with Gasteiger partial charge in [0.1, 0.15) is 6.10 Å². The molecule has 3 aliphatic rings. The Morgan fingerprint density at radius 1 is 1.31 bits per heavy atom. The third-order valence-corrected chi connectivity index (χ3v) is 8.90. The Labute approximate surface area is 230 Å². The minimum absolute atomic E-state index is 0.0313. The normalized spacial score (nSPS) is 32.1. The lowest BCUT2D eigenvalue weighted by molar-refractivity contribution is -0.0926. The fourth-order valence-corrected chi connectivity index (χ4v) is 6.89. The third-order valence-electron chi connectivity index (χ3n) is 6.70. The maximum Gasteiger partial charge on any atom is 0.509 e. The SMILES string of the molecule is CCOc1nc(N)nc2c1ncn2C1OC(COP2(=O)OCCC(c3ccccc3Br)O2)C2OC(=O)OC21C. The van der Waals surface area contributed by atoms with Gasteiger partial charge in [-0.05, 0) is 25.5 Å². The smallest absolute Gasteiger partial charge is 0.476 e. The fourth-order valence-electron chi connectivity index (χ4n) is 4.97. The summed E-state index contributed by atoms with van der Waals surface area (Å²) in [5, 5.41) is 0. The van der Waals surface area contributed by atoms with Gasteiger partial charge >= 0.3 is 14.0 Å². The zero-order valence-electron chi connectivity index (χ0n) is 20.9. The number of halogens is 1. The van der Waals surface area contributed by atoms with Crippen molar-refractivity contribution in [1.29, 1.82) is 0 Å². The molecule has 6 atom stereocenters. The van der Waals surface area contributed by atoms with Crippen LogP contribution in [-0.4, -0.2) is 63.3 Å². The molecule has 2 aromatic heterocycles. The lowest BCUT2D eigenvalue weighted by Gasteiger charge is -2.30. The average molecular weight is 626 g/mol. The molecule has 39 heavy (non-hydrogen) atoms. The van der Waals surface area contributed by atoms with E-state index >= 15 is 0 Å². The standard InChI is InChI=1S/C23H25BrN5O9P/c1-3-32-19-16-18(27-21(25)28-19)29(11-26-16)20-23(2)17(36-22(30)37-23)15(35-20)10-34-39(31)33-9-8-14(38-39)12-6-4-5-7-13(12)24/h4-7,11,14-15,17,20H,3,8-10H2,1-2H3,(H2,25,27,28). The van der Waals surface area contributed by atoms with Crippen LogP contribution in [0.1, 0.15) is 38.2 Å². The van der Waals surface area contributed by atoms with Crippen LogP contribution < -0.4 is 10.5 Å². The van der Waals surface area contributed by atoms with Crippen molar-refractivity contribution in [3.63, 3.8) is 0 Å². The molecule has 0 aliphatic carbocycles. The summed E-state index contributed by atoms with van der Waals surface area (Å²) in [7, 11) is -3.98. The number of carbonyl (C=O) groups excluding carboxylic acids is 1. The van der Waals surface area contributed by atoms with Crippen molar-refractivity contribution in [3.8, 4) is 5.88 Å². The van der Waals surface area contributed by atoms with Crippen molar-refractivity contribution in [1.82, 2.24) is 19.5 Å². The molecule has 5 heterocycles. The number of benzene rings is 1. The first-order valence-electron chi connectivity index (χ1n) is 12.2. The molecule has 6 rings (SSSR count). The van der Waals surface area contributed by atoms with Crippen molar-refractivity contribution in [3.05, 3.63) is 40.6 Å². The number of rotatable bonds is 7. The molecule has 14 nitrogen and oxygen atoms in total. The number of phosphoric acid groups is 1. The van der Waals surface area contributed by atoms with Crippen LogP contribution in [-0.2, 0) is 32.3 Å². The third kappa shape index (κ3) is 4.66. The number of ether oxygens (including phenoxy) is 4. The van der Waals surface area contributed by atoms with Crippen LogP contribution >= 0.6 is 23.8 Å². The van der Waals surface area contributed by atoms with E-state index in [0.717, 1.165) is 10.0 Å². The number of aromatic nitrogens is 4. The first-order valence-corrected chi connectivity index (χ1v) is 14.5. The monoisotopic (exact) mass is 625 g/mol. The molecule has 3 saturated heterocycles. The molecule has 0 bridgehead atoms. The predicted octanol–water partition coefficient (Wildman–Crippen LogP) is 4.06. The highest BCUT2D eigenvalue weighted by Gasteiger charge is 2.64. The van der Waals surface area contributed by atoms with Crippen LogP contribution in [0, 0.1) is 0 Å². The van der Waals surface area contributed by atoms with Gasteiger partial charge in [0.15, 0.2) is 29.1 Å². The van der Waals surface area contributed by atoms with Crippen molar-refractivity contribution in [2.45, 2.75) is 50.4 Å². The van der Waals surface area contributed by atoms with Crippen molar-refractivity contribution in [2.24, 2.45) is 0 Å². The molecule has 1 aromatic carbocycles.